The van der Waals surface area contributed by atoms with Gasteiger partial charge < -0.3 is 10.2 Å². The van der Waals surface area contributed by atoms with Crippen LogP contribution in [-0.2, 0) is 4.79 Å². The van der Waals surface area contributed by atoms with Crippen molar-refractivity contribution in [3.63, 3.8) is 0 Å². The Morgan fingerprint density at radius 3 is 3.06 bits per heavy atom. The number of fused-ring (bicyclic) bond motifs is 1. The molecule has 2 aliphatic heterocycles. The summed E-state index contributed by atoms with van der Waals surface area (Å²) in [4.78, 5) is 14.5. The highest BCUT2D eigenvalue weighted by molar-refractivity contribution is 7.99. The minimum atomic E-state index is -0.00296. The lowest BCUT2D eigenvalue weighted by Crippen LogP contribution is -2.40. The maximum Gasteiger partial charge on any atom is 0.232 e. The van der Waals surface area contributed by atoms with Crippen LogP contribution in [0.4, 0.5) is 5.69 Å². The fourth-order valence-corrected chi connectivity index (χ4v) is 4.03. The number of para-hydroxylation sites is 1. The van der Waals surface area contributed by atoms with E-state index >= 15 is 0 Å². The van der Waals surface area contributed by atoms with Crippen LogP contribution in [0.15, 0.2) is 24.3 Å². The first kappa shape index (κ1) is 11.9. The highest BCUT2D eigenvalue weighted by atomic mass is 32.2. The van der Waals surface area contributed by atoms with Crippen LogP contribution in [-0.4, -0.2) is 41.9 Å². The number of hydrogen-bond acceptors (Lipinski definition) is 3. The zero-order chi connectivity index (χ0) is 12.5. The molecule has 3 nitrogen and oxygen atoms in total. The Morgan fingerprint density at radius 2 is 2.28 bits per heavy atom. The zero-order valence-corrected chi connectivity index (χ0v) is 11.4. The van der Waals surface area contributed by atoms with E-state index in [0.29, 0.717) is 6.04 Å². The van der Waals surface area contributed by atoms with Gasteiger partial charge in [-0.25, -0.2) is 0 Å². The number of benzene rings is 1. The number of thioether (sulfide) groups is 1. The van der Waals surface area contributed by atoms with Gasteiger partial charge in [0.15, 0.2) is 0 Å². The molecule has 0 saturated carbocycles. The Balaban J connectivity index is 1.77. The quantitative estimate of drug-likeness (QED) is 0.886. The van der Waals surface area contributed by atoms with Gasteiger partial charge in [0.05, 0.1) is 5.92 Å². The molecule has 0 aromatic heterocycles. The lowest BCUT2D eigenvalue weighted by atomic mass is 9.99. The number of likely N-dealkylation sites (N-methyl/N-ethyl adjacent to an activating group) is 1. The Labute approximate surface area is 112 Å². The average molecular weight is 262 g/mol. The van der Waals surface area contributed by atoms with Crippen LogP contribution in [0.2, 0.25) is 0 Å². The number of amides is 1. The molecule has 2 aliphatic rings. The summed E-state index contributed by atoms with van der Waals surface area (Å²) < 4.78 is 0. The van der Waals surface area contributed by atoms with Gasteiger partial charge in [0.1, 0.15) is 0 Å². The summed E-state index contributed by atoms with van der Waals surface area (Å²) in [7, 11) is 1.96. The third kappa shape index (κ3) is 1.99. The van der Waals surface area contributed by atoms with Crippen molar-refractivity contribution in [3.8, 4) is 0 Å². The summed E-state index contributed by atoms with van der Waals surface area (Å²) in [6.45, 7) is 0.738. The summed E-state index contributed by atoms with van der Waals surface area (Å²) in [6, 6.07) is 8.56. The topological polar surface area (TPSA) is 32.3 Å². The number of rotatable bonds is 2. The van der Waals surface area contributed by atoms with Crippen molar-refractivity contribution >= 4 is 23.4 Å². The van der Waals surface area contributed by atoms with E-state index in [-0.39, 0.29) is 11.8 Å². The second-order valence-corrected chi connectivity index (χ2v) is 6.14. The molecule has 1 aromatic carbocycles. The third-order valence-electron chi connectivity index (χ3n) is 3.93. The van der Waals surface area contributed by atoms with Crippen molar-refractivity contribution in [3.05, 3.63) is 29.8 Å². The Hall–Kier alpha value is -1.16. The van der Waals surface area contributed by atoms with Gasteiger partial charge in [0.2, 0.25) is 5.91 Å². The van der Waals surface area contributed by atoms with E-state index in [9.17, 15) is 4.79 Å². The summed E-state index contributed by atoms with van der Waals surface area (Å²) in [5, 5.41) is 3.32. The fourth-order valence-electron chi connectivity index (χ4n) is 2.76. The van der Waals surface area contributed by atoms with Crippen LogP contribution in [0.3, 0.4) is 0 Å². The third-order valence-corrected chi connectivity index (χ3v) is 5.08. The van der Waals surface area contributed by atoms with Crippen molar-refractivity contribution in [1.29, 1.82) is 0 Å². The predicted octanol–water partition coefficient (Wildman–Crippen LogP) is 2.16. The second-order valence-electron chi connectivity index (χ2n) is 4.99. The molecule has 2 atom stereocenters. The molecule has 4 heteroatoms. The van der Waals surface area contributed by atoms with Crippen LogP contribution < -0.4 is 5.32 Å². The van der Waals surface area contributed by atoms with Gasteiger partial charge in [0, 0.05) is 31.1 Å². The van der Waals surface area contributed by atoms with E-state index in [1.54, 1.807) is 0 Å². The van der Waals surface area contributed by atoms with Gasteiger partial charge in [-0.15, -0.1) is 0 Å². The molecule has 1 fully saturated rings. The lowest BCUT2D eigenvalue weighted by molar-refractivity contribution is -0.132. The highest BCUT2D eigenvalue weighted by Gasteiger charge is 2.33. The molecule has 0 radical (unpaired) electrons. The molecule has 2 unspecified atom stereocenters. The van der Waals surface area contributed by atoms with E-state index in [1.165, 1.54) is 5.75 Å². The van der Waals surface area contributed by atoms with E-state index < -0.39 is 0 Å². The lowest BCUT2D eigenvalue weighted by Gasteiger charge is -2.26. The normalized spacial score (nSPS) is 25.6. The number of hydrogen-bond donors (Lipinski definition) is 1. The molecule has 2 heterocycles. The van der Waals surface area contributed by atoms with Crippen LogP contribution in [0.1, 0.15) is 17.9 Å². The largest absolute Gasteiger partial charge is 0.384 e. The summed E-state index contributed by atoms with van der Waals surface area (Å²) in [6.07, 6.45) is 1.13. The highest BCUT2D eigenvalue weighted by Crippen LogP contribution is 2.33. The average Bonchev–Trinajstić information content (AvgIpc) is 3.06. The second kappa shape index (κ2) is 4.84. The van der Waals surface area contributed by atoms with Gasteiger partial charge in [-0.3, -0.25) is 4.79 Å². The first-order valence-corrected chi connectivity index (χ1v) is 7.60. The van der Waals surface area contributed by atoms with Crippen LogP contribution in [0.25, 0.3) is 0 Å². The minimum Gasteiger partial charge on any atom is -0.384 e. The summed E-state index contributed by atoms with van der Waals surface area (Å²) in [5.41, 5.74) is 2.27. The smallest absolute Gasteiger partial charge is 0.232 e. The molecule has 1 saturated heterocycles. The predicted molar refractivity (Wildman–Crippen MR) is 76.2 cm³/mol. The van der Waals surface area contributed by atoms with E-state index in [1.807, 2.05) is 41.9 Å². The van der Waals surface area contributed by atoms with E-state index in [0.717, 1.165) is 30.0 Å². The first-order valence-electron chi connectivity index (χ1n) is 6.44. The maximum absolute atomic E-state index is 12.6. The molecular weight excluding hydrogens is 244 g/mol. The molecule has 96 valence electrons. The van der Waals surface area contributed by atoms with Crippen molar-refractivity contribution < 1.29 is 4.79 Å². The SMILES string of the molecule is CN(C(=O)C1CNc2ccccc21)C1CCSC1. The number of nitrogens with one attached hydrogen (secondary N) is 1. The zero-order valence-electron chi connectivity index (χ0n) is 10.6. The van der Waals surface area contributed by atoms with Gasteiger partial charge in [-0.2, -0.15) is 11.8 Å². The van der Waals surface area contributed by atoms with Gasteiger partial charge in [-0.1, -0.05) is 18.2 Å². The number of anilines is 1. The summed E-state index contributed by atoms with van der Waals surface area (Å²) >= 11 is 1.95. The van der Waals surface area contributed by atoms with Crippen LogP contribution in [0.5, 0.6) is 0 Å². The molecule has 1 N–H and O–H groups in total. The number of carbonyl (C=O) groups excluding carboxylic acids is 1. The molecular formula is C14H18N2OS. The van der Waals surface area contributed by atoms with Crippen molar-refractivity contribution in [2.45, 2.75) is 18.4 Å². The van der Waals surface area contributed by atoms with Crippen LogP contribution >= 0.6 is 11.8 Å². The van der Waals surface area contributed by atoms with E-state index in [2.05, 4.69) is 11.4 Å². The Morgan fingerprint density at radius 1 is 1.44 bits per heavy atom. The fraction of sp³-hybridized carbons (Fsp3) is 0.500. The molecule has 0 spiro atoms. The molecule has 0 aliphatic carbocycles. The monoisotopic (exact) mass is 262 g/mol. The van der Waals surface area contributed by atoms with Crippen molar-refractivity contribution in [2.24, 2.45) is 0 Å². The van der Waals surface area contributed by atoms with Gasteiger partial charge >= 0.3 is 0 Å². The number of nitrogens with zero attached hydrogens (tertiary/aromatic N) is 1. The Bertz CT molecular complexity index is 457. The maximum atomic E-state index is 12.6. The molecule has 1 amide bonds. The summed E-state index contributed by atoms with van der Waals surface area (Å²) in [5.74, 6) is 2.53. The van der Waals surface area contributed by atoms with Gasteiger partial charge in [-0.05, 0) is 23.8 Å². The first-order chi connectivity index (χ1) is 8.77. The van der Waals surface area contributed by atoms with Gasteiger partial charge in [0.25, 0.3) is 0 Å². The Kier molecular flexibility index (Phi) is 3.20. The van der Waals surface area contributed by atoms with Crippen molar-refractivity contribution in [1.82, 2.24) is 4.90 Å². The minimum absolute atomic E-state index is 0.00296. The van der Waals surface area contributed by atoms with E-state index in [4.69, 9.17) is 0 Å². The van der Waals surface area contributed by atoms with Crippen LogP contribution in [0, 0.1) is 0 Å². The standard InChI is InChI=1S/C14H18N2OS/c1-16(10-6-7-18-9-10)14(17)12-8-15-13-5-3-2-4-11(12)13/h2-5,10,12,15H,6-9H2,1H3. The number of carbonyl (C=O) groups is 1. The molecule has 3 rings (SSSR count). The molecule has 1 aromatic rings. The molecule has 18 heavy (non-hydrogen) atoms. The molecule has 0 bridgehead atoms. The van der Waals surface area contributed by atoms with Crippen molar-refractivity contribution in [2.75, 3.05) is 30.4 Å².